The second-order valence-electron chi connectivity index (χ2n) is 4.55. The maximum Gasteiger partial charge on any atom is 0.343 e. The summed E-state index contributed by atoms with van der Waals surface area (Å²) in [6, 6.07) is 11.6. The first-order chi connectivity index (χ1) is 10.6. The zero-order valence-electron chi connectivity index (χ0n) is 12.5. The highest BCUT2D eigenvalue weighted by molar-refractivity contribution is 5.92. The van der Waals surface area contributed by atoms with Crippen molar-refractivity contribution in [2.45, 2.75) is 6.92 Å². The number of benzene rings is 2. The molecule has 22 heavy (non-hydrogen) atoms. The van der Waals surface area contributed by atoms with Crippen LogP contribution in [0.2, 0.25) is 0 Å². The van der Waals surface area contributed by atoms with Crippen LogP contribution in [0.3, 0.4) is 0 Å². The number of carbonyl (C=O) groups is 1. The maximum atomic E-state index is 12.2. The van der Waals surface area contributed by atoms with E-state index >= 15 is 0 Å². The van der Waals surface area contributed by atoms with Gasteiger partial charge in [0.15, 0.2) is 11.5 Å². The van der Waals surface area contributed by atoms with E-state index in [9.17, 15) is 4.79 Å². The highest BCUT2D eigenvalue weighted by atomic mass is 16.5. The Balaban J connectivity index is 2.25. The quantitative estimate of drug-likeness (QED) is 0.640. The molecule has 2 aromatic carbocycles. The second-order valence-corrected chi connectivity index (χ2v) is 4.55. The summed E-state index contributed by atoms with van der Waals surface area (Å²) in [7, 11) is 3.05. The van der Waals surface area contributed by atoms with E-state index in [0.717, 1.165) is 5.56 Å². The molecule has 0 atom stereocenters. The van der Waals surface area contributed by atoms with Crippen molar-refractivity contribution < 1.29 is 19.0 Å². The third kappa shape index (κ3) is 3.18. The lowest BCUT2D eigenvalue weighted by atomic mass is 10.1. The lowest BCUT2D eigenvalue weighted by Crippen LogP contribution is -2.09. The summed E-state index contributed by atoms with van der Waals surface area (Å²) in [6.07, 6.45) is 0. The van der Waals surface area contributed by atoms with Crippen LogP contribution in [0.25, 0.3) is 0 Å². The van der Waals surface area contributed by atoms with Gasteiger partial charge in [-0.2, -0.15) is 5.26 Å². The number of nitrogens with zero attached hydrogens (tertiary/aromatic N) is 1. The molecule has 0 saturated heterocycles. The van der Waals surface area contributed by atoms with E-state index in [4.69, 9.17) is 19.5 Å². The first-order valence-corrected chi connectivity index (χ1v) is 6.54. The fourth-order valence-electron chi connectivity index (χ4n) is 2.04. The van der Waals surface area contributed by atoms with Crippen molar-refractivity contribution in [3.8, 4) is 23.3 Å². The Labute approximate surface area is 128 Å². The molecular formula is C17H15NO4. The molecule has 0 spiro atoms. The summed E-state index contributed by atoms with van der Waals surface area (Å²) in [6.45, 7) is 1.82. The number of rotatable bonds is 4. The topological polar surface area (TPSA) is 68.5 Å². The Morgan fingerprint density at radius 1 is 1.09 bits per heavy atom. The molecule has 0 bridgehead atoms. The van der Waals surface area contributed by atoms with Gasteiger partial charge in [-0.15, -0.1) is 0 Å². The fourth-order valence-corrected chi connectivity index (χ4v) is 2.04. The molecule has 0 aliphatic rings. The molecule has 0 fully saturated rings. The molecule has 0 N–H and O–H groups in total. The summed E-state index contributed by atoms with van der Waals surface area (Å²) in [5.41, 5.74) is 1.63. The second kappa shape index (κ2) is 6.64. The minimum atomic E-state index is -0.506. The molecular weight excluding hydrogens is 282 g/mol. The van der Waals surface area contributed by atoms with Gasteiger partial charge in [0, 0.05) is 0 Å². The predicted molar refractivity (Wildman–Crippen MR) is 80.4 cm³/mol. The fraction of sp³-hybridized carbons (Fsp3) is 0.176. The first kappa shape index (κ1) is 15.4. The summed E-state index contributed by atoms with van der Waals surface area (Å²) in [4.78, 5) is 12.2. The van der Waals surface area contributed by atoms with E-state index in [1.807, 2.05) is 13.0 Å². The number of esters is 1. The average molecular weight is 297 g/mol. The van der Waals surface area contributed by atoms with Crippen molar-refractivity contribution in [1.82, 2.24) is 0 Å². The smallest absolute Gasteiger partial charge is 0.343 e. The molecule has 0 amide bonds. The van der Waals surface area contributed by atoms with Gasteiger partial charge in [0.2, 0.25) is 0 Å². The summed E-state index contributed by atoms with van der Waals surface area (Å²) in [5, 5.41) is 8.74. The molecule has 0 unspecified atom stereocenters. The molecule has 0 radical (unpaired) electrons. The third-order valence-corrected chi connectivity index (χ3v) is 3.09. The number of nitriles is 1. The Morgan fingerprint density at radius 2 is 1.77 bits per heavy atom. The molecule has 2 rings (SSSR count). The van der Waals surface area contributed by atoms with E-state index in [2.05, 4.69) is 0 Å². The Morgan fingerprint density at radius 3 is 2.32 bits per heavy atom. The highest BCUT2D eigenvalue weighted by Crippen LogP contribution is 2.32. The molecule has 2 aromatic rings. The molecule has 0 aliphatic carbocycles. The number of carbonyl (C=O) groups excluding carboxylic acids is 1. The summed E-state index contributed by atoms with van der Waals surface area (Å²) in [5.74, 6) is 0.914. The van der Waals surface area contributed by atoms with Gasteiger partial charge in [-0.25, -0.2) is 4.79 Å². The molecule has 112 valence electrons. The van der Waals surface area contributed by atoms with Crippen molar-refractivity contribution >= 4 is 5.97 Å². The van der Waals surface area contributed by atoms with E-state index in [0.29, 0.717) is 28.4 Å². The number of hydrogen-bond donors (Lipinski definition) is 0. The van der Waals surface area contributed by atoms with Crippen LogP contribution in [0, 0.1) is 18.3 Å². The van der Waals surface area contributed by atoms with Crippen molar-refractivity contribution in [3.63, 3.8) is 0 Å². The van der Waals surface area contributed by atoms with E-state index < -0.39 is 5.97 Å². The van der Waals surface area contributed by atoms with Crippen LogP contribution in [-0.2, 0) is 0 Å². The zero-order chi connectivity index (χ0) is 16.1. The van der Waals surface area contributed by atoms with Crippen LogP contribution in [-0.4, -0.2) is 20.2 Å². The van der Waals surface area contributed by atoms with Crippen molar-refractivity contribution in [2.24, 2.45) is 0 Å². The Kier molecular flexibility index (Phi) is 4.64. The van der Waals surface area contributed by atoms with Gasteiger partial charge < -0.3 is 14.2 Å². The standard InChI is InChI=1S/C17H15NO4/c1-11-8-13(9-15(20-2)16(11)21-3)17(19)22-14-6-4-12(10-18)5-7-14/h4-9H,1-3H3. The molecule has 5 nitrogen and oxygen atoms in total. The van der Waals surface area contributed by atoms with Crippen LogP contribution < -0.4 is 14.2 Å². The van der Waals surface area contributed by atoms with Crippen LogP contribution >= 0.6 is 0 Å². The van der Waals surface area contributed by atoms with Crippen molar-refractivity contribution in [2.75, 3.05) is 14.2 Å². The summed E-state index contributed by atoms with van der Waals surface area (Å²) < 4.78 is 15.7. The van der Waals surface area contributed by atoms with Gasteiger partial charge >= 0.3 is 5.97 Å². The average Bonchev–Trinajstić information content (AvgIpc) is 2.54. The third-order valence-electron chi connectivity index (χ3n) is 3.09. The zero-order valence-corrected chi connectivity index (χ0v) is 12.5. The van der Waals surface area contributed by atoms with Gasteiger partial charge in [0.05, 0.1) is 31.4 Å². The largest absolute Gasteiger partial charge is 0.493 e. The number of aryl methyl sites for hydroxylation is 1. The Bertz CT molecular complexity index is 730. The van der Waals surface area contributed by atoms with Gasteiger partial charge in [0.25, 0.3) is 0 Å². The SMILES string of the molecule is COc1cc(C(=O)Oc2ccc(C#N)cc2)cc(C)c1OC. The Hall–Kier alpha value is -3.00. The van der Waals surface area contributed by atoms with Gasteiger partial charge in [-0.1, -0.05) is 0 Å². The lowest BCUT2D eigenvalue weighted by molar-refractivity contribution is 0.0734. The van der Waals surface area contributed by atoms with Crippen molar-refractivity contribution in [3.05, 3.63) is 53.1 Å². The number of ether oxygens (including phenoxy) is 3. The first-order valence-electron chi connectivity index (χ1n) is 6.54. The van der Waals surface area contributed by atoms with Gasteiger partial charge in [0.1, 0.15) is 5.75 Å². The predicted octanol–water partition coefficient (Wildman–Crippen LogP) is 3.10. The van der Waals surface area contributed by atoms with Gasteiger partial charge in [-0.05, 0) is 48.9 Å². The molecule has 0 saturated carbocycles. The van der Waals surface area contributed by atoms with E-state index in [1.165, 1.54) is 7.11 Å². The minimum Gasteiger partial charge on any atom is -0.493 e. The van der Waals surface area contributed by atoms with Crippen LogP contribution in [0.4, 0.5) is 0 Å². The monoisotopic (exact) mass is 297 g/mol. The van der Waals surface area contributed by atoms with E-state index in [1.54, 1.807) is 43.5 Å². The van der Waals surface area contributed by atoms with Crippen LogP contribution in [0.15, 0.2) is 36.4 Å². The number of hydrogen-bond acceptors (Lipinski definition) is 5. The molecule has 0 heterocycles. The highest BCUT2D eigenvalue weighted by Gasteiger charge is 2.15. The van der Waals surface area contributed by atoms with Crippen LogP contribution in [0.1, 0.15) is 21.5 Å². The number of methoxy groups -OCH3 is 2. The van der Waals surface area contributed by atoms with Crippen molar-refractivity contribution in [1.29, 1.82) is 5.26 Å². The van der Waals surface area contributed by atoms with Crippen LogP contribution in [0.5, 0.6) is 17.2 Å². The molecule has 5 heteroatoms. The van der Waals surface area contributed by atoms with E-state index in [-0.39, 0.29) is 0 Å². The molecule has 0 aliphatic heterocycles. The lowest BCUT2D eigenvalue weighted by Gasteiger charge is -2.12. The molecule has 0 aromatic heterocycles. The normalized spacial score (nSPS) is 9.73. The van der Waals surface area contributed by atoms with Gasteiger partial charge in [-0.3, -0.25) is 0 Å². The summed E-state index contributed by atoms with van der Waals surface area (Å²) >= 11 is 0. The maximum absolute atomic E-state index is 12.2. The minimum absolute atomic E-state index is 0.361.